The fourth-order valence-electron chi connectivity index (χ4n) is 2.44. The monoisotopic (exact) mass is 276 g/mol. The Morgan fingerprint density at radius 3 is 3.21 bits per heavy atom. The van der Waals surface area contributed by atoms with E-state index in [1.807, 2.05) is 34.6 Å². The molecule has 3 rings (SSSR count). The maximum Gasteiger partial charge on any atom is 0.339 e. The van der Waals surface area contributed by atoms with Gasteiger partial charge in [0.2, 0.25) is 0 Å². The molecule has 4 nitrogen and oxygen atoms in total. The summed E-state index contributed by atoms with van der Waals surface area (Å²) in [5.74, 6) is 3.90. The van der Waals surface area contributed by atoms with Crippen LogP contribution < -0.4 is 0 Å². The molecule has 1 saturated heterocycles. The van der Waals surface area contributed by atoms with Crippen molar-refractivity contribution in [3.05, 3.63) is 35.9 Å². The van der Waals surface area contributed by atoms with Gasteiger partial charge in [-0.25, -0.2) is 9.78 Å². The molecule has 2 aromatic rings. The molecule has 1 aliphatic heterocycles. The van der Waals surface area contributed by atoms with Crippen molar-refractivity contribution in [1.29, 1.82) is 0 Å². The molecule has 100 valence electrons. The highest BCUT2D eigenvalue weighted by Crippen LogP contribution is 2.26. The van der Waals surface area contributed by atoms with E-state index < -0.39 is 0 Å². The van der Waals surface area contributed by atoms with Gasteiger partial charge in [0.05, 0.1) is 24.4 Å². The lowest BCUT2D eigenvalue weighted by Crippen LogP contribution is -2.08. The van der Waals surface area contributed by atoms with Crippen molar-refractivity contribution in [2.45, 2.75) is 12.8 Å². The maximum absolute atomic E-state index is 11.6. The minimum Gasteiger partial charge on any atom is -0.465 e. The highest BCUT2D eigenvalue weighted by molar-refractivity contribution is 7.99. The van der Waals surface area contributed by atoms with Crippen LogP contribution in [0.15, 0.2) is 24.5 Å². The van der Waals surface area contributed by atoms with Crippen LogP contribution in [-0.4, -0.2) is 34.0 Å². The molecule has 1 unspecified atom stereocenters. The Hall–Kier alpha value is -1.49. The molecule has 0 bridgehead atoms. The summed E-state index contributed by atoms with van der Waals surface area (Å²) in [7, 11) is 1.40. The van der Waals surface area contributed by atoms with Gasteiger partial charge < -0.3 is 9.14 Å². The first-order chi connectivity index (χ1) is 9.28. The Kier molecular flexibility index (Phi) is 3.46. The molecule has 0 N–H and O–H groups in total. The summed E-state index contributed by atoms with van der Waals surface area (Å²) in [6, 6.07) is 3.68. The van der Waals surface area contributed by atoms with Crippen molar-refractivity contribution >= 4 is 23.2 Å². The summed E-state index contributed by atoms with van der Waals surface area (Å²) in [5, 5.41) is 0. The number of fused-ring (bicyclic) bond motifs is 1. The summed E-state index contributed by atoms with van der Waals surface area (Å²) in [6.45, 7) is 0. The van der Waals surface area contributed by atoms with Crippen LogP contribution in [0.4, 0.5) is 0 Å². The van der Waals surface area contributed by atoms with E-state index >= 15 is 0 Å². The Morgan fingerprint density at radius 1 is 1.58 bits per heavy atom. The second-order valence-electron chi connectivity index (χ2n) is 4.81. The lowest BCUT2D eigenvalue weighted by molar-refractivity contribution is 0.0600. The van der Waals surface area contributed by atoms with Crippen molar-refractivity contribution < 1.29 is 9.53 Å². The third-order valence-electron chi connectivity index (χ3n) is 3.52. The summed E-state index contributed by atoms with van der Waals surface area (Å²) in [6.07, 6.45) is 5.92. The predicted molar refractivity (Wildman–Crippen MR) is 75.7 cm³/mol. The molecular formula is C14H16N2O2S. The SMILES string of the molecule is COC(=O)c1ccc2cnc(CC3CCSC3)n2c1. The average molecular weight is 276 g/mol. The van der Waals surface area contributed by atoms with Gasteiger partial charge in [0.1, 0.15) is 5.82 Å². The number of carbonyl (C=O) groups excluding carboxylic acids is 1. The molecule has 0 radical (unpaired) electrons. The van der Waals surface area contributed by atoms with Crippen LogP contribution in [0.1, 0.15) is 22.6 Å². The van der Waals surface area contributed by atoms with E-state index in [4.69, 9.17) is 4.74 Å². The molecule has 0 saturated carbocycles. The van der Waals surface area contributed by atoms with Gasteiger partial charge in [-0.05, 0) is 36.0 Å². The van der Waals surface area contributed by atoms with Gasteiger partial charge in [0, 0.05) is 12.6 Å². The van der Waals surface area contributed by atoms with Gasteiger partial charge in [-0.2, -0.15) is 11.8 Å². The standard InChI is InChI=1S/C14H16N2O2S/c1-18-14(17)11-2-3-12-7-15-13(16(12)8-11)6-10-4-5-19-9-10/h2-3,7-8,10H,4-6,9H2,1H3. The fourth-order valence-corrected chi connectivity index (χ4v) is 3.72. The zero-order valence-electron chi connectivity index (χ0n) is 10.8. The van der Waals surface area contributed by atoms with Crippen molar-refractivity contribution in [2.75, 3.05) is 18.6 Å². The minimum atomic E-state index is -0.307. The molecule has 1 aliphatic rings. The Labute approximate surface area is 116 Å². The highest BCUT2D eigenvalue weighted by atomic mass is 32.2. The van der Waals surface area contributed by atoms with Gasteiger partial charge >= 0.3 is 5.97 Å². The Bertz CT molecular complexity index is 603. The van der Waals surface area contributed by atoms with E-state index in [0.717, 1.165) is 17.8 Å². The number of hydrogen-bond acceptors (Lipinski definition) is 4. The van der Waals surface area contributed by atoms with Gasteiger partial charge in [0.15, 0.2) is 0 Å². The first-order valence-electron chi connectivity index (χ1n) is 6.40. The number of imidazole rings is 1. The Morgan fingerprint density at radius 2 is 2.47 bits per heavy atom. The van der Waals surface area contributed by atoms with E-state index in [1.54, 1.807) is 6.07 Å². The molecule has 3 heterocycles. The number of aromatic nitrogens is 2. The van der Waals surface area contributed by atoms with Crippen LogP contribution >= 0.6 is 11.8 Å². The molecule has 5 heteroatoms. The molecule has 0 amide bonds. The Balaban J connectivity index is 1.93. The zero-order valence-corrected chi connectivity index (χ0v) is 11.7. The summed E-state index contributed by atoms with van der Waals surface area (Å²) < 4.78 is 6.77. The third-order valence-corrected chi connectivity index (χ3v) is 4.75. The number of ether oxygens (including phenoxy) is 1. The van der Waals surface area contributed by atoms with E-state index in [1.165, 1.54) is 25.0 Å². The number of rotatable bonds is 3. The summed E-state index contributed by atoms with van der Waals surface area (Å²) in [4.78, 5) is 16.1. The van der Waals surface area contributed by atoms with Crippen molar-refractivity contribution in [2.24, 2.45) is 5.92 Å². The minimum absolute atomic E-state index is 0.307. The van der Waals surface area contributed by atoms with Crippen LogP contribution in [0.3, 0.4) is 0 Å². The smallest absolute Gasteiger partial charge is 0.339 e. The number of pyridine rings is 1. The topological polar surface area (TPSA) is 43.6 Å². The van der Waals surface area contributed by atoms with Gasteiger partial charge in [-0.15, -0.1) is 0 Å². The number of methoxy groups -OCH3 is 1. The lowest BCUT2D eigenvalue weighted by atomic mass is 10.1. The van der Waals surface area contributed by atoms with Gasteiger partial charge in [-0.3, -0.25) is 0 Å². The molecule has 0 aromatic carbocycles. The highest BCUT2D eigenvalue weighted by Gasteiger charge is 2.18. The molecule has 0 spiro atoms. The first kappa shape index (κ1) is 12.5. The van der Waals surface area contributed by atoms with E-state index in [2.05, 4.69) is 4.98 Å². The number of esters is 1. The van der Waals surface area contributed by atoms with Crippen molar-refractivity contribution in [3.63, 3.8) is 0 Å². The second kappa shape index (κ2) is 5.25. The number of hydrogen-bond donors (Lipinski definition) is 0. The molecule has 0 aliphatic carbocycles. The summed E-state index contributed by atoms with van der Waals surface area (Å²) >= 11 is 2.01. The maximum atomic E-state index is 11.6. The van der Waals surface area contributed by atoms with Gasteiger partial charge in [0.25, 0.3) is 0 Å². The molecule has 1 atom stereocenters. The third kappa shape index (κ3) is 2.47. The predicted octanol–water partition coefficient (Wildman–Crippen LogP) is 2.42. The van der Waals surface area contributed by atoms with Crippen LogP contribution in [0.5, 0.6) is 0 Å². The van der Waals surface area contributed by atoms with Crippen molar-refractivity contribution in [3.8, 4) is 0 Å². The number of nitrogens with zero attached hydrogens (tertiary/aromatic N) is 2. The number of thioether (sulfide) groups is 1. The van der Waals surface area contributed by atoms with E-state index in [9.17, 15) is 4.79 Å². The second-order valence-corrected chi connectivity index (χ2v) is 5.96. The van der Waals surface area contributed by atoms with Crippen LogP contribution in [0.25, 0.3) is 5.52 Å². The van der Waals surface area contributed by atoms with E-state index in [-0.39, 0.29) is 5.97 Å². The summed E-state index contributed by atoms with van der Waals surface area (Å²) in [5.41, 5.74) is 1.59. The molecule has 1 fully saturated rings. The molecule has 2 aromatic heterocycles. The lowest BCUT2D eigenvalue weighted by Gasteiger charge is -2.08. The van der Waals surface area contributed by atoms with E-state index in [0.29, 0.717) is 11.5 Å². The normalized spacial score (nSPS) is 18.9. The average Bonchev–Trinajstić information content (AvgIpc) is 3.08. The number of carbonyl (C=O) groups is 1. The van der Waals surface area contributed by atoms with Crippen LogP contribution in [0.2, 0.25) is 0 Å². The fraction of sp³-hybridized carbons (Fsp3) is 0.429. The van der Waals surface area contributed by atoms with Crippen LogP contribution in [-0.2, 0) is 11.2 Å². The van der Waals surface area contributed by atoms with Gasteiger partial charge in [-0.1, -0.05) is 0 Å². The van der Waals surface area contributed by atoms with Crippen molar-refractivity contribution in [1.82, 2.24) is 9.38 Å². The quantitative estimate of drug-likeness (QED) is 0.808. The largest absolute Gasteiger partial charge is 0.465 e. The zero-order chi connectivity index (χ0) is 13.2. The molecular weight excluding hydrogens is 260 g/mol. The molecule has 19 heavy (non-hydrogen) atoms. The first-order valence-corrected chi connectivity index (χ1v) is 7.55. The van der Waals surface area contributed by atoms with Crippen LogP contribution in [0, 0.1) is 5.92 Å².